The molecule has 1 N–H and O–H groups in total. The van der Waals surface area contributed by atoms with E-state index < -0.39 is 4.92 Å². The molecule has 0 radical (unpaired) electrons. The molecule has 0 atom stereocenters. The van der Waals surface area contributed by atoms with Gasteiger partial charge in [-0.2, -0.15) is 4.98 Å². The van der Waals surface area contributed by atoms with Crippen LogP contribution in [0.2, 0.25) is 0 Å². The van der Waals surface area contributed by atoms with Crippen molar-refractivity contribution >= 4 is 23.4 Å². The monoisotopic (exact) mass is 242 g/mol. The quantitative estimate of drug-likeness (QED) is 0.271. The molecule has 0 amide bonds. The predicted molar refractivity (Wildman–Crippen MR) is 63.9 cm³/mol. The molecular formula is C9H14N4O2S. The fourth-order valence-electron chi connectivity index (χ4n) is 1.02. The van der Waals surface area contributed by atoms with Crippen molar-refractivity contribution in [1.29, 1.82) is 0 Å². The number of hydrogen-bond acceptors (Lipinski definition) is 6. The zero-order chi connectivity index (χ0) is 12.0. The molecule has 16 heavy (non-hydrogen) atoms. The number of thioether (sulfide) groups is 1. The van der Waals surface area contributed by atoms with Crippen LogP contribution >= 0.6 is 11.8 Å². The molecule has 1 heterocycles. The van der Waals surface area contributed by atoms with Crippen molar-refractivity contribution in [3.05, 3.63) is 16.3 Å². The molecule has 1 rings (SSSR count). The second-order valence-corrected chi connectivity index (χ2v) is 4.18. The Morgan fingerprint density at radius 1 is 1.62 bits per heavy atom. The first kappa shape index (κ1) is 12.7. The Morgan fingerprint density at radius 2 is 2.38 bits per heavy atom. The van der Waals surface area contributed by atoms with E-state index in [1.54, 1.807) is 7.05 Å². The van der Waals surface area contributed by atoms with Gasteiger partial charge < -0.3 is 5.32 Å². The zero-order valence-electron chi connectivity index (χ0n) is 9.27. The molecule has 0 saturated heterocycles. The summed E-state index contributed by atoms with van der Waals surface area (Å²) in [7, 11) is 1.68. The lowest BCUT2D eigenvalue weighted by Gasteiger charge is -2.03. The first-order valence-corrected chi connectivity index (χ1v) is 5.99. The van der Waals surface area contributed by atoms with Crippen molar-refractivity contribution < 1.29 is 4.92 Å². The van der Waals surface area contributed by atoms with Crippen LogP contribution in [0, 0.1) is 10.1 Å². The highest BCUT2D eigenvalue weighted by molar-refractivity contribution is 7.99. The van der Waals surface area contributed by atoms with Crippen LogP contribution in [0.5, 0.6) is 0 Å². The fraction of sp³-hybridized carbons (Fsp3) is 0.556. The number of nitrogens with zero attached hydrogens (tertiary/aromatic N) is 3. The van der Waals surface area contributed by atoms with Crippen molar-refractivity contribution in [1.82, 2.24) is 9.97 Å². The van der Waals surface area contributed by atoms with Crippen LogP contribution in [-0.2, 0) is 0 Å². The minimum Gasteiger partial charge on any atom is -0.357 e. The summed E-state index contributed by atoms with van der Waals surface area (Å²) >= 11 is 1.40. The van der Waals surface area contributed by atoms with Gasteiger partial charge in [-0.25, -0.2) is 4.98 Å². The second kappa shape index (κ2) is 6.26. The molecule has 0 aliphatic carbocycles. The highest BCUT2D eigenvalue weighted by atomic mass is 32.2. The van der Waals surface area contributed by atoms with Gasteiger partial charge in [-0.1, -0.05) is 25.1 Å². The highest BCUT2D eigenvalue weighted by Gasteiger charge is 2.16. The van der Waals surface area contributed by atoms with E-state index >= 15 is 0 Å². The van der Waals surface area contributed by atoms with Gasteiger partial charge in [-0.3, -0.25) is 10.1 Å². The fourth-order valence-corrected chi connectivity index (χ4v) is 2.08. The van der Waals surface area contributed by atoms with Gasteiger partial charge in [0.1, 0.15) is 6.20 Å². The summed E-state index contributed by atoms with van der Waals surface area (Å²) in [6.45, 7) is 2.08. The van der Waals surface area contributed by atoms with Crippen molar-refractivity contribution in [3.63, 3.8) is 0 Å². The molecule has 7 heteroatoms. The van der Waals surface area contributed by atoms with Crippen molar-refractivity contribution in [2.75, 3.05) is 18.1 Å². The lowest BCUT2D eigenvalue weighted by atomic mass is 10.4. The molecule has 0 aliphatic heterocycles. The normalized spacial score (nSPS) is 10.1. The molecule has 0 fully saturated rings. The van der Waals surface area contributed by atoms with Crippen LogP contribution in [0.15, 0.2) is 11.2 Å². The third-order valence-corrected chi connectivity index (χ3v) is 2.96. The first-order chi connectivity index (χ1) is 7.69. The Bertz CT molecular complexity index is 373. The van der Waals surface area contributed by atoms with E-state index in [-0.39, 0.29) is 5.69 Å². The van der Waals surface area contributed by atoms with E-state index in [4.69, 9.17) is 0 Å². The van der Waals surface area contributed by atoms with Crippen molar-refractivity contribution in [2.24, 2.45) is 0 Å². The maximum atomic E-state index is 10.7. The Hall–Kier alpha value is -1.37. The summed E-state index contributed by atoms with van der Waals surface area (Å²) in [5.41, 5.74) is -0.0277. The maximum absolute atomic E-state index is 10.7. The number of nitro groups is 1. The molecule has 0 aliphatic rings. The Balaban J connectivity index is 2.87. The van der Waals surface area contributed by atoms with Crippen molar-refractivity contribution in [3.8, 4) is 0 Å². The number of unbranched alkanes of at least 4 members (excludes halogenated alkanes) is 1. The topological polar surface area (TPSA) is 81.0 Å². The van der Waals surface area contributed by atoms with Gasteiger partial charge in [0, 0.05) is 7.05 Å². The molecule has 0 unspecified atom stereocenters. The molecule has 1 aromatic heterocycles. The van der Waals surface area contributed by atoms with Gasteiger partial charge in [-0.05, 0) is 12.2 Å². The molecule has 0 spiro atoms. The number of anilines is 1. The average molecular weight is 242 g/mol. The van der Waals surface area contributed by atoms with E-state index in [1.165, 1.54) is 18.0 Å². The van der Waals surface area contributed by atoms with Crippen molar-refractivity contribution in [2.45, 2.75) is 24.8 Å². The van der Waals surface area contributed by atoms with E-state index in [0.717, 1.165) is 18.6 Å². The molecule has 88 valence electrons. The summed E-state index contributed by atoms with van der Waals surface area (Å²) in [6, 6.07) is 0. The minimum atomic E-state index is -0.451. The molecule has 0 saturated carbocycles. The first-order valence-electron chi connectivity index (χ1n) is 5.01. The smallest absolute Gasteiger partial charge is 0.319 e. The Morgan fingerprint density at radius 3 is 2.94 bits per heavy atom. The Kier molecular flexibility index (Phi) is 4.97. The summed E-state index contributed by atoms with van der Waals surface area (Å²) in [5.74, 6) is 1.24. The lowest BCUT2D eigenvalue weighted by molar-refractivity contribution is -0.388. The van der Waals surface area contributed by atoms with Gasteiger partial charge in [-0.15, -0.1) is 0 Å². The van der Waals surface area contributed by atoms with E-state index in [0.29, 0.717) is 11.0 Å². The standard InChI is InChI=1S/C9H14N4O2S/c1-3-4-5-16-8-7(13(14)15)6-11-9(10-2)12-8/h6H,3-5H2,1-2H3,(H,10,11,12). The molecule has 1 aromatic rings. The largest absolute Gasteiger partial charge is 0.357 e. The number of aromatic nitrogens is 2. The van der Waals surface area contributed by atoms with Gasteiger partial charge in [0.25, 0.3) is 0 Å². The highest BCUT2D eigenvalue weighted by Crippen LogP contribution is 2.27. The van der Waals surface area contributed by atoms with Crippen LogP contribution in [0.25, 0.3) is 0 Å². The lowest BCUT2D eigenvalue weighted by Crippen LogP contribution is -2.01. The summed E-state index contributed by atoms with van der Waals surface area (Å²) in [5, 5.41) is 13.9. The molecule has 6 nitrogen and oxygen atoms in total. The third-order valence-electron chi connectivity index (χ3n) is 1.89. The van der Waals surface area contributed by atoms with Gasteiger partial charge in [0.15, 0.2) is 5.03 Å². The van der Waals surface area contributed by atoms with Crippen LogP contribution < -0.4 is 5.32 Å². The van der Waals surface area contributed by atoms with E-state index in [2.05, 4.69) is 22.2 Å². The molecular weight excluding hydrogens is 228 g/mol. The number of nitrogens with one attached hydrogen (secondary N) is 1. The van der Waals surface area contributed by atoms with Crippen LogP contribution in [0.3, 0.4) is 0 Å². The summed E-state index contributed by atoms with van der Waals surface area (Å²) < 4.78 is 0. The van der Waals surface area contributed by atoms with Gasteiger partial charge >= 0.3 is 5.69 Å². The van der Waals surface area contributed by atoms with Crippen LogP contribution in [0.1, 0.15) is 19.8 Å². The molecule has 0 aromatic carbocycles. The third kappa shape index (κ3) is 3.34. The van der Waals surface area contributed by atoms with Gasteiger partial charge in [0.05, 0.1) is 4.92 Å². The Labute approximate surface area is 98.0 Å². The minimum absolute atomic E-state index is 0.0277. The SMILES string of the molecule is CCCCSc1nc(NC)ncc1[N+](=O)[O-]. The van der Waals surface area contributed by atoms with E-state index in [9.17, 15) is 10.1 Å². The summed E-state index contributed by atoms with van der Waals surface area (Å²) in [4.78, 5) is 18.2. The number of rotatable bonds is 6. The predicted octanol–water partition coefficient (Wildman–Crippen LogP) is 2.32. The maximum Gasteiger partial charge on any atom is 0.319 e. The van der Waals surface area contributed by atoms with Crippen LogP contribution in [0.4, 0.5) is 11.6 Å². The molecule has 0 bridgehead atoms. The summed E-state index contributed by atoms with van der Waals surface area (Å²) in [6.07, 6.45) is 3.32. The number of hydrogen-bond donors (Lipinski definition) is 1. The van der Waals surface area contributed by atoms with Crippen LogP contribution in [-0.4, -0.2) is 27.7 Å². The zero-order valence-corrected chi connectivity index (χ0v) is 10.1. The second-order valence-electron chi connectivity index (χ2n) is 3.09. The average Bonchev–Trinajstić information content (AvgIpc) is 2.29. The van der Waals surface area contributed by atoms with E-state index in [1.807, 2.05) is 0 Å². The van der Waals surface area contributed by atoms with Gasteiger partial charge in [0.2, 0.25) is 5.95 Å².